The maximum atomic E-state index is 5.39. The van der Waals surface area contributed by atoms with E-state index in [2.05, 4.69) is 25.4 Å². The predicted molar refractivity (Wildman–Crippen MR) is 66.6 cm³/mol. The average molecular weight is 250 g/mol. The molecular formula is C10H14N6S. The van der Waals surface area contributed by atoms with E-state index in [1.807, 2.05) is 13.8 Å². The van der Waals surface area contributed by atoms with Crippen LogP contribution in [0.1, 0.15) is 25.6 Å². The van der Waals surface area contributed by atoms with Gasteiger partial charge in [-0.1, -0.05) is 13.8 Å². The molecule has 90 valence electrons. The number of hydrogen-bond donors (Lipinski definition) is 3. The molecule has 0 bridgehead atoms. The predicted octanol–water partition coefficient (Wildman–Crippen LogP) is 1.76. The molecule has 0 aromatic carbocycles. The maximum absolute atomic E-state index is 5.39. The van der Waals surface area contributed by atoms with E-state index in [0.717, 1.165) is 16.0 Å². The number of aromatic nitrogens is 4. The second-order valence-electron chi connectivity index (χ2n) is 3.75. The lowest BCUT2D eigenvalue weighted by molar-refractivity contribution is 0.754. The van der Waals surface area contributed by atoms with Crippen LogP contribution >= 0.6 is 11.8 Å². The van der Waals surface area contributed by atoms with Gasteiger partial charge in [-0.3, -0.25) is 0 Å². The average Bonchev–Trinajstić information content (AvgIpc) is 2.81. The SMILES string of the molecule is CC(C)c1nc(NN)cc(Sc2ncc[nH]2)n1. The minimum Gasteiger partial charge on any atom is -0.339 e. The number of hydrogen-bond acceptors (Lipinski definition) is 6. The summed E-state index contributed by atoms with van der Waals surface area (Å²) >= 11 is 1.44. The van der Waals surface area contributed by atoms with Crippen molar-refractivity contribution >= 4 is 17.6 Å². The highest BCUT2D eigenvalue weighted by Gasteiger charge is 2.09. The number of rotatable bonds is 4. The number of hydrazine groups is 1. The van der Waals surface area contributed by atoms with Crippen LogP contribution in [0.25, 0.3) is 0 Å². The van der Waals surface area contributed by atoms with Gasteiger partial charge < -0.3 is 10.4 Å². The highest BCUT2D eigenvalue weighted by atomic mass is 32.2. The van der Waals surface area contributed by atoms with Crippen LogP contribution in [0.2, 0.25) is 0 Å². The molecule has 0 unspecified atom stereocenters. The van der Waals surface area contributed by atoms with Gasteiger partial charge in [-0.15, -0.1) is 0 Å². The Morgan fingerprint density at radius 1 is 1.41 bits per heavy atom. The molecule has 0 aliphatic heterocycles. The van der Waals surface area contributed by atoms with Gasteiger partial charge in [0.1, 0.15) is 16.7 Å². The molecule has 0 atom stereocenters. The first-order valence-electron chi connectivity index (χ1n) is 5.22. The van der Waals surface area contributed by atoms with Crippen LogP contribution in [-0.2, 0) is 0 Å². The number of anilines is 1. The summed E-state index contributed by atoms with van der Waals surface area (Å²) in [6.45, 7) is 4.08. The Hall–Kier alpha value is -1.60. The lowest BCUT2D eigenvalue weighted by atomic mass is 10.2. The molecule has 17 heavy (non-hydrogen) atoms. The molecule has 2 rings (SSSR count). The molecule has 2 aromatic heterocycles. The molecule has 0 saturated heterocycles. The topological polar surface area (TPSA) is 92.5 Å². The first-order valence-corrected chi connectivity index (χ1v) is 6.03. The molecule has 0 fully saturated rings. The third kappa shape index (κ3) is 2.95. The summed E-state index contributed by atoms with van der Waals surface area (Å²) in [7, 11) is 0. The number of nitrogens with zero attached hydrogens (tertiary/aromatic N) is 3. The van der Waals surface area contributed by atoms with E-state index in [-0.39, 0.29) is 5.92 Å². The van der Waals surface area contributed by atoms with Crippen LogP contribution < -0.4 is 11.3 Å². The van der Waals surface area contributed by atoms with E-state index in [4.69, 9.17) is 5.84 Å². The fourth-order valence-electron chi connectivity index (χ4n) is 1.23. The summed E-state index contributed by atoms with van der Waals surface area (Å²) in [6, 6.07) is 1.79. The maximum Gasteiger partial charge on any atom is 0.171 e. The van der Waals surface area contributed by atoms with Crippen molar-refractivity contribution in [3.8, 4) is 0 Å². The van der Waals surface area contributed by atoms with Crippen molar-refractivity contribution in [3.63, 3.8) is 0 Å². The second-order valence-corrected chi connectivity index (χ2v) is 4.75. The molecule has 0 spiro atoms. The largest absolute Gasteiger partial charge is 0.339 e. The summed E-state index contributed by atoms with van der Waals surface area (Å²) in [4.78, 5) is 15.9. The molecule has 0 radical (unpaired) electrons. The van der Waals surface area contributed by atoms with E-state index in [9.17, 15) is 0 Å². The molecule has 0 saturated carbocycles. The highest BCUT2D eigenvalue weighted by Crippen LogP contribution is 2.25. The second kappa shape index (κ2) is 5.15. The minimum atomic E-state index is 0.249. The van der Waals surface area contributed by atoms with Crippen molar-refractivity contribution in [2.75, 3.05) is 5.43 Å². The van der Waals surface area contributed by atoms with Crippen LogP contribution in [0.15, 0.2) is 28.6 Å². The van der Waals surface area contributed by atoms with Crippen LogP contribution in [0.4, 0.5) is 5.82 Å². The number of nitrogen functional groups attached to an aromatic ring is 1. The third-order valence-corrected chi connectivity index (χ3v) is 2.89. The molecule has 6 nitrogen and oxygen atoms in total. The number of nitrogens with two attached hydrogens (primary N) is 1. The number of imidazole rings is 1. The van der Waals surface area contributed by atoms with Gasteiger partial charge in [-0.2, -0.15) is 0 Å². The van der Waals surface area contributed by atoms with Gasteiger partial charge in [-0.25, -0.2) is 20.8 Å². The molecule has 0 amide bonds. The van der Waals surface area contributed by atoms with Crippen LogP contribution in [0, 0.1) is 0 Å². The van der Waals surface area contributed by atoms with Crippen molar-refractivity contribution in [2.24, 2.45) is 5.84 Å². The summed E-state index contributed by atoms with van der Waals surface area (Å²) in [5.41, 5.74) is 2.55. The van der Waals surface area contributed by atoms with Crippen LogP contribution in [0.3, 0.4) is 0 Å². The quantitative estimate of drug-likeness (QED) is 0.435. The van der Waals surface area contributed by atoms with Gasteiger partial charge in [0.15, 0.2) is 5.16 Å². The van der Waals surface area contributed by atoms with Gasteiger partial charge in [0.25, 0.3) is 0 Å². The Bertz CT molecular complexity index is 482. The van der Waals surface area contributed by atoms with E-state index >= 15 is 0 Å². The van der Waals surface area contributed by atoms with Crippen molar-refractivity contribution < 1.29 is 0 Å². The normalized spacial score (nSPS) is 10.8. The summed E-state index contributed by atoms with van der Waals surface area (Å²) in [6.07, 6.45) is 3.48. The Kier molecular flexibility index (Phi) is 3.60. The minimum absolute atomic E-state index is 0.249. The third-order valence-electron chi connectivity index (χ3n) is 2.06. The lowest BCUT2D eigenvalue weighted by Gasteiger charge is -2.08. The first-order chi connectivity index (χ1) is 8.19. The first kappa shape index (κ1) is 11.9. The lowest BCUT2D eigenvalue weighted by Crippen LogP contribution is -2.11. The van der Waals surface area contributed by atoms with E-state index in [1.54, 1.807) is 18.5 Å². The van der Waals surface area contributed by atoms with Crippen LogP contribution in [-0.4, -0.2) is 19.9 Å². The van der Waals surface area contributed by atoms with Gasteiger partial charge >= 0.3 is 0 Å². The monoisotopic (exact) mass is 250 g/mol. The van der Waals surface area contributed by atoms with Crippen molar-refractivity contribution in [1.29, 1.82) is 0 Å². The number of H-pyrrole nitrogens is 1. The number of nitrogens with one attached hydrogen (secondary N) is 2. The molecule has 0 aliphatic rings. The molecule has 4 N–H and O–H groups in total. The molecule has 2 aromatic rings. The zero-order valence-electron chi connectivity index (χ0n) is 9.64. The Morgan fingerprint density at radius 3 is 2.82 bits per heavy atom. The van der Waals surface area contributed by atoms with Gasteiger partial charge in [0.2, 0.25) is 0 Å². The van der Waals surface area contributed by atoms with Crippen molar-refractivity contribution in [3.05, 3.63) is 24.3 Å². The number of aromatic amines is 1. The van der Waals surface area contributed by atoms with Crippen molar-refractivity contribution in [1.82, 2.24) is 19.9 Å². The van der Waals surface area contributed by atoms with Gasteiger partial charge in [0.05, 0.1) is 0 Å². The standard InChI is InChI=1S/C10H14N6S/c1-6(2)9-14-7(16-11)5-8(15-9)17-10-12-3-4-13-10/h3-6H,11H2,1-2H3,(H,12,13)(H,14,15,16). The van der Waals surface area contributed by atoms with Gasteiger partial charge in [-0.05, 0) is 11.8 Å². The Labute approximate surface area is 103 Å². The van der Waals surface area contributed by atoms with E-state index < -0.39 is 0 Å². The molecule has 0 aliphatic carbocycles. The zero-order chi connectivity index (χ0) is 12.3. The van der Waals surface area contributed by atoms with Crippen LogP contribution in [0.5, 0.6) is 0 Å². The summed E-state index contributed by atoms with van der Waals surface area (Å²) in [5, 5.41) is 1.60. The fraction of sp³-hybridized carbons (Fsp3) is 0.300. The van der Waals surface area contributed by atoms with Crippen molar-refractivity contribution in [2.45, 2.75) is 29.9 Å². The molecule has 2 heterocycles. The molecular weight excluding hydrogens is 236 g/mol. The Balaban J connectivity index is 2.29. The summed E-state index contributed by atoms with van der Waals surface area (Å²) in [5.74, 6) is 7.01. The van der Waals surface area contributed by atoms with Gasteiger partial charge in [0, 0.05) is 24.4 Å². The van der Waals surface area contributed by atoms with E-state index in [0.29, 0.717) is 5.82 Å². The smallest absolute Gasteiger partial charge is 0.171 e. The zero-order valence-corrected chi connectivity index (χ0v) is 10.5. The summed E-state index contributed by atoms with van der Waals surface area (Å²) < 4.78 is 0. The highest BCUT2D eigenvalue weighted by molar-refractivity contribution is 7.99. The van der Waals surface area contributed by atoms with E-state index in [1.165, 1.54) is 11.8 Å². The molecule has 7 heteroatoms. The Morgan fingerprint density at radius 2 is 2.24 bits per heavy atom. The fourth-order valence-corrected chi connectivity index (χ4v) is 1.98.